The van der Waals surface area contributed by atoms with Gasteiger partial charge in [0.1, 0.15) is 4.88 Å². The Morgan fingerprint density at radius 1 is 1.20 bits per heavy atom. The van der Waals surface area contributed by atoms with Crippen LogP contribution in [0.5, 0.6) is 0 Å². The van der Waals surface area contributed by atoms with Crippen LogP contribution in [0.4, 0.5) is 0 Å². The van der Waals surface area contributed by atoms with Crippen LogP contribution in [0, 0.1) is 6.92 Å². The smallest absolute Gasteiger partial charge is 0.259 e. The van der Waals surface area contributed by atoms with Crippen molar-refractivity contribution in [2.24, 2.45) is 0 Å². The fourth-order valence-corrected chi connectivity index (χ4v) is 2.29. The van der Waals surface area contributed by atoms with E-state index in [0.717, 1.165) is 28.4 Å². The maximum atomic E-state index is 5.52. The summed E-state index contributed by atoms with van der Waals surface area (Å²) in [6.45, 7) is 6.06. The van der Waals surface area contributed by atoms with Crippen molar-refractivity contribution < 1.29 is 4.42 Å². The lowest BCUT2D eigenvalue weighted by molar-refractivity contribution is 0.513. The van der Waals surface area contributed by atoms with Gasteiger partial charge in [-0.15, -0.1) is 21.5 Å². The minimum absolute atomic E-state index is 0.606. The van der Waals surface area contributed by atoms with Gasteiger partial charge in [-0.05, 0) is 13.3 Å². The van der Waals surface area contributed by atoms with Crippen molar-refractivity contribution in [3.8, 4) is 10.8 Å². The van der Waals surface area contributed by atoms with Gasteiger partial charge < -0.3 is 4.42 Å². The van der Waals surface area contributed by atoms with E-state index in [9.17, 15) is 0 Å². The lowest BCUT2D eigenvalue weighted by atomic mass is 10.3. The van der Waals surface area contributed by atoms with Crippen LogP contribution in [-0.4, -0.2) is 15.2 Å². The molecule has 0 fully saturated rings. The van der Waals surface area contributed by atoms with Gasteiger partial charge in [0.25, 0.3) is 5.89 Å². The molecule has 80 valence electrons. The molecule has 0 unspecified atom stereocenters. The van der Waals surface area contributed by atoms with Crippen molar-refractivity contribution in [3.63, 3.8) is 0 Å². The van der Waals surface area contributed by atoms with Gasteiger partial charge >= 0.3 is 0 Å². The van der Waals surface area contributed by atoms with E-state index >= 15 is 0 Å². The summed E-state index contributed by atoms with van der Waals surface area (Å²) >= 11 is 1.61. The van der Waals surface area contributed by atoms with Crippen LogP contribution in [0.2, 0.25) is 0 Å². The Bertz CT molecular complexity index is 461. The third-order valence-corrected chi connectivity index (χ3v) is 3.10. The lowest BCUT2D eigenvalue weighted by Gasteiger charge is -1.91. The maximum Gasteiger partial charge on any atom is 0.259 e. The van der Waals surface area contributed by atoms with E-state index in [1.807, 2.05) is 13.8 Å². The topological polar surface area (TPSA) is 51.8 Å². The standard InChI is InChI=1S/C10H13N3OS/c1-4-7-9(15-6(3)11-7)10-13-12-8(5-2)14-10/h4-5H2,1-3H3. The fourth-order valence-electron chi connectivity index (χ4n) is 1.37. The average molecular weight is 223 g/mol. The van der Waals surface area contributed by atoms with E-state index in [-0.39, 0.29) is 0 Å². The molecular weight excluding hydrogens is 210 g/mol. The molecule has 0 aliphatic carbocycles. The predicted octanol–water partition coefficient (Wildman–Crippen LogP) is 2.63. The van der Waals surface area contributed by atoms with Gasteiger partial charge in [0, 0.05) is 6.42 Å². The van der Waals surface area contributed by atoms with Crippen molar-refractivity contribution in [3.05, 3.63) is 16.6 Å². The van der Waals surface area contributed by atoms with Crippen LogP contribution in [-0.2, 0) is 12.8 Å². The first-order valence-corrected chi connectivity index (χ1v) is 5.85. The summed E-state index contributed by atoms with van der Waals surface area (Å²) < 4.78 is 5.52. The van der Waals surface area contributed by atoms with Gasteiger partial charge in [-0.1, -0.05) is 13.8 Å². The summed E-state index contributed by atoms with van der Waals surface area (Å²) in [5.41, 5.74) is 1.05. The molecule has 0 radical (unpaired) electrons. The molecule has 4 nitrogen and oxygen atoms in total. The summed E-state index contributed by atoms with van der Waals surface area (Å²) in [5, 5.41) is 9.03. The zero-order valence-electron chi connectivity index (χ0n) is 9.07. The van der Waals surface area contributed by atoms with E-state index in [4.69, 9.17) is 4.42 Å². The highest BCUT2D eigenvalue weighted by molar-refractivity contribution is 7.15. The monoisotopic (exact) mass is 223 g/mol. The van der Waals surface area contributed by atoms with Crippen molar-refractivity contribution in [1.82, 2.24) is 15.2 Å². The van der Waals surface area contributed by atoms with Crippen LogP contribution in [0.1, 0.15) is 30.4 Å². The molecule has 0 spiro atoms. The zero-order chi connectivity index (χ0) is 10.8. The van der Waals surface area contributed by atoms with Crippen molar-refractivity contribution in [2.45, 2.75) is 33.6 Å². The largest absolute Gasteiger partial charge is 0.420 e. The van der Waals surface area contributed by atoms with Gasteiger partial charge in [0.2, 0.25) is 5.89 Å². The first kappa shape index (κ1) is 10.3. The first-order chi connectivity index (χ1) is 7.24. The van der Waals surface area contributed by atoms with E-state index in [2.05, 4.69) is 22.1 Å². The molecule has 0 amide bonds. The summed E-state index contributed by atoms with van der Waals surface area (Å²) in [6.07, 6.45) is 1.66. The molecule has 0 N–H and O–H groups in total. The number of aromatic nitrogens is 3. The molecule has 2 aromatic rings. The average Bonchev–Trinajstić information content (AvgIpc) is 2.82. The molecule has 2 aromatic heterocycles. The van der Waals surface area contributed by atoms with Crippen LogP contribution < -0.4 is 0 Å². The van der Waals surface area contributed by atoms with Crippen molar-refractivity contribution in [2.75, 3.05) is 0 Å². The minimum Gasteiger partial charge on any atom is -0.420 e. The molecule has 0 aliphatic rings. The Morgan fingerprint density at radius 3 is 2.60 bits per heavy atom. The van der Waals surface area contributed by atoms with Crippen LogP contribution in [0.3, 0.4) is 0 Å². The third kappa shape index (κ3) is 1.92. The summed E-state index contributed by atoms with van der Waals surface area (Å²) in [6, 6.07) is 0. The van der Waals surface area contributed by atoms with Crippen molar-refractivity contribution >= 4 is 11.3 Å². The Kier molecular flexibility index (Phi) is 2.81. The first-order valence-electron chi connectivity index (χ1n) is 5.03. The number of nitrogens with zero attached hydrogens (tertiary/aromatic N) is 3. The number of aryl methyl sites for hydroxylation is 3. The fraction of sp³-hybridized carbons (Fsp3) is 0.500. The molecule has 0 atom stereocenters. The molecule has 0 aliphatic heterocycles. The zero-order valence-corrected chi connectivity index (χ0v) is 9.89. The Labute approximate surface area is 92.4 Å². The highest BCUT2D eigenvalue weighted by Gasteiger charge is 2.15. The molecule has 0 saturated carbocycles. The highest BCUT2D eigenvalue weighted by atomic mass is 32.1. The summed E-state index contributed by atoms with van der Waals surface area (Å²) in [5.74, 6) is 1.28. The SMILES string of the molecule is CCc1nnc(-c2sc(C)nc2CC)o1. The van der Waals surface area contributed by atoms with E-state index in [1.165, 1.54) is 0 Å². The second kappa shape index (κ2) is 4.10. The quantitative estimate of drug-likeness (QED) is 0.802. The van der Waals surface area contributed by atoms with Crippen molar-refractivity contribution in [1.29, 1.82) is 0 Å². The highest BCUT2D eigenvalue weighted by Crippen LogP contribution is 2.29. The number of thiazole rings is 1. The van der Waals surface area contributed by atoms with Gasteiger partial charge in [-0.25, -0.2) is 4.98 Å². The van der Waals surface area contributed by atoms with Gasteiger partial charge in [-0.3, -0.25) is 0 Å². The molecule has 0 aromatic carbocycles. The Balaban J connectivity index is 2.43. The lowest BCUT2D eigenvalue weighted by Crippen LogP contribution is -1.84. The maximum absolute atomic E-state index is 5.52. The Hall–Kier alpha value is -1.23. The normalized spacial score (nSPS) is 10.9. The number of hydrogen-bond acceptors (Lipinski definition) is 5. The van der Waals surface area contributed by atoms with Crippen LogP contribution >= 0.6 is 11.3 Å². The molecule has 0 saturated heterocycles. The molecule has 5 heteroatoms. The summed E-state index contributed by atoms with van der Waals surface area (Å²) in [4.78, 5) is 5.45. The summed E-state index contributed by atoms with van der Waals surface area (Å²) in [7, 11) is 0. The number of rotatable bonds is 3. The van der Waals surface area contributed by atoms with E-state index < -0.39 is 0 Å². The second-order valence-corrected chi connectivity index (χ2v) is 4.42. The number of hydrogen-bond donors (Lipinski definition) is 0. The van der Waals surface area contributed by atoms with Gasteiger partial charge in [0.05, 0.1) is 10.7 Å². The molecule has 15 heavy (non-hydrogen) atoms. The second-order valence-electron chi connectivity index (χ2n) is 3.22. The third-order valence-electron chi connectivity index (χ3n) is 2.10. The molecule has 2 rings (SSSR count). The molecule has 0 bridgehead atoms. The van der Waals surface area contributed by atoms with Crippen LogP contribution in [0.15, 0.2) is 4.42 Å². The van der Waals surface area contributed by atoms with E-state index in [1.54, 1.807) is 11.3 Å². The van der Waals surface area contributed by atoms with Crippen LogP contribution in [0.25, 0.3) is 10.8 Å². The Morgan fingerprint density at radius 2 is 2.00 bits per heavy atom. The molecule has 2 heterocycles. The minimum atomic E-state index is 0.606. The predicted molar refractivity (Wildman–Crippen MR) is 58.9 cm³/mol. The van der Waals surface area contributed by atoms with E-state index in [0.29, 0.717) is 11.8 Å². The van der Waals surface area contributed by atoms with Gasteiger partial charge in [-0.2, -0.15) is 0 Å². The van der Waals surface area contributed by atoms with Gasteiger partial charge in [0.15, 0.2) is 0 Å². The molecular formula is C10H13N3OS.